The Balaban J connectivity index is 1.80. The van der Waals surface area contributed by atoms with Crippen molar-refractivity contribution in [1.29, 1.82) is 0 Å². The van der Waals surface area contributed by atoms with Crippen LogP contribution in [0.15, 0.2) is 54.9 Å². The minimum atomic E-state index is -1.02. The van der Waals surface area contributed by atoms with Gasteiger partial charge in [-0.15, -0.1) is 11.3 Å². The van der Waals surface area contributed by atoms with E-state index in [-0.39, 0.29) is 4.88 Å². The van der Waals surface area contributed by atoms with Gasteiger partial charge in [0.05, 0.1) is 16.8 Å². The van der Waals surface area contributed by atoms with Gasteiger partial charge in [-0.05, 0) is 32.0 Å². The van der Waals surface area contributed by atoms with E-state index in [9.17, 15) is 9.90 Å². The maximum atomic E-state index is 11.9. The number of rotatable bonds is 5. The van der Waals surface area contributed by atoms with Gasteiger partial charge in [-0.25, -0.2) is 9.78 Å². The van der Waals surface area contributed by atoms with Gasteiger partial charge in [0, 0.05) is 22.3 Å². The number of imidazole rings is 1. The Labute approximate surface area is 170 Å². The standard InChI is InChI=1S/C21H17ClN2O3S/c1-12-18(27-13(2)14-7-3-4-8-15(14)22)20(21(25)26)28-19(12)16-11-23-17-9-5-6-10-24(16)17/h3-11,13H,1-2H3,(H,25,26). The SMILES string of the molecule is Cc1c(-c2cnc3ccccn23)sc(C(=O)O)c1OC(C)c1ccccc1Cl. The fourth-order valence-corrected chi connectivity index (χ4v) is 4.55. The summed E-state index contributed by atoms with van der Waals surface area (Å²) in [5.74, 6) is -0.652. The number of thiophene rings is 1. The first-order valence-electron chi connectivity index (χ1n) is 8.67. The fourth-order valence-electron chi connectivity index (χ4n) is 3.17. The highest BCUT2D eigenvalue weighted by Gasteiger charge is 2.26. The number of hydrogen-bond donors (Lipinski definition) is 1. The first-order valence-corrected chi connectivity index (χ1v) is 9.87. The molecule has 4 aromatic rings. The molecule has 0 aliphatic rings. The van der Waals surface area contributed by atoms with Crippen molar-refractivity contribution in [1.82, 2.24) is 9.38 Å². The van der Waals surface area contributed by atoms with Crippen molar-refractivity contribution in [3.8, 4) is 16.3 Å². The molecule has 4 rings (SSSR count). The van der Waals surface area contributed by atoms with E-state index in [1.54, 1.807) is 12.3 Å². The Morgan fingerprint density at radius 2 is 2.00 bits per heavy atom. The average molecular weight is 413 g/mol. The summed E-state index contributed by atoms with van der Waals surface area (Å²) in [5, 5.41) is 10.3. The summed E-state index contributed by atoms with van der Waals surface area (Å²) in [6, 6.07) is 13.1. The molecule has 1 unspecified atom stereocenters. The fraction of sp³-hybridized carbons (Fsp3) is 0.143. The molecule has 0 saturated heterocycles. The monoisotopic (exact) mass is 412 g/mol. The Bertz CT molecular complexity index is 1180. The Morgan fingerprint density at radius 3 is 2.75 bits per heavy atom. The first-order chi connectivity index (χ1) is 13.5. The highest BCUT2D eigenvalue weighted by molar-refractivity contribution is 7.17. The largest absolute Gasteiger partial charge is 0.484 e. The second-order valence-corrected chi connectivity index (χ2v) is 7.80. The number of carboxylic acid groups (broad SMARTS) is 1. The first kappa shape index (κ1) is 18.5. The van der Waals surface area contributed by atoms with Crippen molar-refractivity contribution in [2.45, 2.75) is 20.0 Å². The highest BCUT2D eigenvalue weighted by atomic mass is 35.5. The number of aromatic nitrogens is 2. The second-order valence-electron chi connectivity index (χ2n) is 6.37. The lowest BCUT2D eigenvalue weighted by atomic mass is 10.1. The van der Waals surface area contributed by atoms with Gasteiger partial charge < -0.3 is 9.84 Å². The molecule has 28 heavy (non-hydrogen) atoms. The third kappa shape index (κ3) is 3.15. The summed E-state index contributed by atoms with van der Waals surface area (Å²) in [4.78, 5) is 17.3. The van der Waals surface area contributed by atoms with E-state index in [0.29, 0.717) is 10.8 Å². The zero-order valence-electron chi connectivity index (χ0n) is 15.2. The Kier molecular flexibility index (Phi) is 4.83. The van der Waals surface area contributed by atoms with Gasteiger partial charge >= 0.3 is 5.97 Å². The highest BCUT2D eigenvalue weighted by Crippen LogP contribution is 2.43. The van der Waals surface area contributed by atoms with E-state index < -0.39 is 12.1 Å². The van der Waals surface area contributed by atoms with Gasteiger partial charge in [0.15, 0.2) is 4.88 Å². The van der Waals surface area contributed by atoms with Crippen LogP contribution in [0.25, 0.3) is 16.2 Å². The molecule has 5 nitrogen and oxygen atoms in total. The van der Waals surface area contributed by atoms with E-state index in [4.69, 9.17) is 16.3 Å². The van der Waals surface area contributed by atoms with Gasteiger partial charge in [-0.3, -0.25) is 4.40 Å². The average Bonchev–Trinajstić information content (AvgIpc) is 3.24. The van der Waals surface area contributed by atoms with E-state index in [0.717, 1.165) is 27.3 Å². The van der Waals surface area contributed by atoms with Crippen LogP contribution in [0.2, 0.25) is 5.02 Å². The molecule has 7 heteroatoms. The molecule has 0 fully saturated rings. The molecule has 1 N–H and O–H groups in total. The van der Waals surface area contributed by atoms with Crippen LogP contribution in [0.5, 0.6) is 5.75 Å². The number of nitrogens with zero attached hydrogens (tertiary/aromatic N) is 2. The Morgan fingerprint density at radius 1 is 1.25 bits per heavy atom. The smallest absolute Gasteiger partial charge is 0.349 e. The molecule has 0 spiro atoms. The van der Waals surface area contributed by atoms with Gasteiger partial charge in [0.2, 0.25) is 0 Å². The van der Waals surface area contributed by atoms with Crippen molar-refractivity contribution in [2.75, 3.05) is 0 Å². The van der Waals surface area contributed by atoms with Gasteiger partial charge in [0.1, 0.15) is 17.5 Å². The van der Waals surface area contributed by atoms with Crippen LogP contribution in [0.4, 0.5) is 0 Å². The van der Waals surface area contributed by atoms with Crippen LogP contribution in [0, 0.1) is 6.92 Å². The molecule has 142 valence electrons. The van der Waals surface area contributed by atoms with Crippen molar-refractivity contribution < 1.29 is 14.6 Å². The molecule has 3 aromatic heterocycles. The summed E-state index contributed by atoms with van der Waals surface area (Å²) in [6.45, 7) is 3.73. The van der Waals surface area contributed by atoms with Crippen molar-refractivity contribution in [3.05, 3.63) is 75.9 Å². The quantitative estimate of drug-likeness (QED) is 0.445. The molecular formula is C21H17ClN2O3S. The summed E-state index contributed by atoms with van der Waals surface area (Å²) in [6.07, 6.45) is 3.26. The van der Waals surface area contributed by atoms with Gasteiger partial charge in [-0.2, -0.15) is 0 Å². The number of hydrogen-bond acceptors (Lipinski definition) is 4. The summed E-state index contributed by atoms with van der Waals surface area (Å²) in [7, 11) is 0. The second kappa shape index (κ2) is 7.30. The van der Waals surface area contributed by atoms with E-state index in [1.807, 2.05) is 60.8 Å². The molecule has 0 bridgehead atoms. The number of benzene rings is 1. The predicted octanol–water partition coefficient (Wildman–Crippen LogP) is 5.86. The summed E-state index contributed by atoms with van der Waals surface area (Å²) in [5.41, 5.74) is 3.21. The molecule has 0 aliphatic heterocycles. The molecular weight excluding hydrogens is 396 g/mol. The van der Waals surface area contributed by atoms with Crippen LogP contribution in [-0.2, 0) is 0 Å². The minimum Gasteiger partial charge on any atom is -0.484 e. The number of aromatic carboxylic acids is 1. The number of ether oxygens (including phenoxy) is 1. The normalized spacial score (nSPS) is 12.2. The molecule has 1 atom stereocenters. The van der Waals surface area contributed by atoms with Crippen molar-refractivity contribution in [3.63, 3.8) is 0 Å². The molecule has 0 aliphatic carbocycles. The van der Waals surface area contributed by atoms with Gasteiger partial charge in [0.25, 0.3) is 0 Å². The summed E-state index contributed by atoms with van der Waals surface area (Å²) < 4.78 is 8.05. The van der Waals surface area contributed by atoms with E-state index in [2.05, 4.69) is 4.98 Å². The number of carbonyl (C=O) groups is 1. The Hall–Kier alpha value is -2.83. The lowest BCUT2D eigenvalue weighted by Crippen LogP contribution is -2.07. The minimum absolute atomic E-state index is 0.164. The molecule has 3 heterocycles. The third-order valence-electron chi connectivity index (χ3n) is 4.57. The predicted molar refractivity (Wildman–Crippen MR) is 111 cm³/mol. The molecule has 1 aromatic carbocycles. The van der Waals surface area contributed by atoms with Crippen LogP contribution in [0.1, 0.15) is 33.8 Å². The lowest BCUT2D eigenvalue weighted by molar-refractivity contribution is 0.0695. The van der Waals surface area contributed by atoms with E-state index in [1.165, 1.54) is 11.3 Å². The van der Waals surface area contributed by atoms with Crippen molar-refractivity contribution in [2.24, 2.45) is 0 Å². The topological polar surface area (TPSA) is 63.8 Å². The molecule has 0 amide bonds. The number of carboxylic acids is 1. The number of pyridine rings is 1. The lowest BCUT2D eigenvalue weighted by Gasteiger charge is -2.17. The maximum Gasteiger partial charge on any atom is 0.349 e. The van der Waals surface area contributed by atoms with Crippen LogP contribution < -0.4 is 4.74 Å². The van der Waals surface area contributed by atoms with Crippen molar-refractivity contribution >= 4 is 34.6 Å². The van der Waals surface area contributed by atoms with Crippen LogP contribution in [0.3, 0.4) is 0 Å². The molecule has 0 saturated carbocycles. The van der Waals surface area contributed by atoms with Crippen LogP contribution in [-0.4, -0.2) is 20.5 Å². The zero-order valence-corrected chi connectivity index (χ0v) is 16.8. The van der Waals surface area contributed by atoms with E-state index >= 15 is 0 Å². The summed E-state index contributed by atoms with van der Waals surface area (Å²) >= 11 is 7.46. The third-order valence-corrected chi connectivity index (χ3v) is 6.20. The maximum absolute atomic E-state index is 11.9. The number of fused-ring (bicyclic) bond motifs is 1. The zero-order chi connectivity index (χ0) is 19.8. The van der Waals surface area contributed by atoms with Gasteiger partial charge in [-0.1, -0.05) is 35.9 Å². The molecule has 0 radical (unpaired) electrons. The van der Waals surface area contributed by atoms with Crippen LogP contribution >= 0.6 is 22.9 Å². The number of halogens is 1.